The van der Waals surface area contributed by atoms with E-state index in [9.17, 15) is 0 Å². The number of benzene rings is 1. The van der Waals surface area contributed by atoms with Crippen LogP contribution in [0.5, 0.6) is 0 Å². The van der Waals surface area contributed by atoms with Crippen LogP contribution in [0.25, 0.3) is 11.3 Å². The van der Waals surface area contributed by atoms with Crippen molar-refractivity contribution >= 4 is 0 Å². The summed E-state index contributed by atoms with van der Waals surface area (Å²) < 4.78 is 5.95. The van der Waals surface area contributed by atoms with Crippen LogP contribution < -0.4 is 5.32 Å². The van der Waals surface area contributed by atoms with E-state index in [0.717, 1.165) is 23.6 Å². The van der Waals surface area contributed by atoms with Crippen LogP contribution in [0.1, 0.15) is 32.4 Å². The second kappa shape index (κ2) is 7.12. The van der Waals surface area contributed by atoms with Crippen molar-refractivity contribution in [3.63, 3.8) is 0 Å². The third-order valence-corrected chi connectivity index (χ3v) is 4.54. The summed E-state index contributed by atoms with van der Waals surface area (Å²) in [5.41, 5.74) is 1.14. The van der Waals surface area contributed by atoms with Gasteiger partial charge in [0, 0.05) is 17.6 Å². The topological polar surface area (TPSA) is 28.4 Å². The summed E-state index contributed by atoms with van der Waals surface area (Å²) in [6.07, 6.45) is 2.45. The number of furan rings is 1. The minimum Gasteiger partial charge on any atom is -0.460 e. The Morgan fingerprint density at radius 2 is 1.82 bits per heavy atom. The van der Waals surface area contributed by atoms with Crippen molar-refractivity contribution in [2.24, 2.45) is 0 Å². The molecule has 3 heteroatoms. The number of nitrogens with one attached hydrogen (secondary N) is 1. The molecule has 0 atom stereocenters. The van der Waals surface area contributed by atoms with Crippen molar-refractivity contribution < 1.29 is 4.42 Å². The molecule has 0 unspecified atom stereocenters. The van der Waals surface area contributed by atoms with Gasteiger partial charge in [-0.3, -0.25) is 0 Å². The monoisotopic (exact) mass is 298 g/mol. The minimum absolute atomic E-state index is 0.611. The average Bonchev–Trinajstić information content (AvgIpc) is 3.03. The number of nitrogens with zero attached hydrogens (tertiary/aromatic N) is 1. The maximum Gasteiger partial charge on any atom is 0.134 e. The summed E-state index contributed by atoms with van der Waals surface area (Å²) in [5, 5.41) is 3.64. The predicted molar refractivity (Wildman–Crippen MR) is 90.7 cm³/mol. The zero-order valence-corrected chi connectivity index (χ0v) is 13.6. The fourth-order valence-corrected chi connectivity index (χ4v) is 3.10. The Morgan fingerprint density at radius 3 is 2.50 bits per heavy atom. The summed E-state index contributed by atoms with van der Waals surface area (Å²) >= 11 is 0. The molecule has 1 aliphatic heterocycles. The van der Waals surface area contributed by atoms with E-state index in [4.69, 9.17) is 4.42 Å². The van der Waals surface area contributed by atoms with Crippen LogP contribution in [0.15, 0.2) is 46.9 Å². The lowest BCUT2D eigenvalue weighted by Gasteiger charge is -2.34. The van der Waals surface area contributed by atoms with Gasteiger partial charge < -0.3 is 14.6 Å². The second-order valence-electron chi connectivity index (χ2n) is 6.42. The molecule has 1 aromatic heterocycles. The summed E-state index contributed by atoms with van der Waals surface area (Å²) in [7, 11) is 0. The Balaban J connectivity index is 1.50. The SMILES string of the molecule is CC(C)N1CCC(NCc2ccc(-c3ccccc3)o2)CC1. The van der Waals surface area contributed by atoms with E-state index in [-0.39, 0.29) is 0 Å². The van der Waals surface area contributed by atoms with Gasteiger partial charge >= 0.3 is 0 Å². The zero-order valence-electron chi connectivity index (χ0n) is 13.6. The second-order valence-corrected chi connectivity index (χ2v) is 6.42. The lowest BCUT2D eigenvalue weighted by atomic mass is 10.0. The van der Waals surface area contributed by atoms with Crippen LogP contribution in [-0.2, 0) is 6.54 Å². The van der Waals surface area contributed by atoms with E-state index in [1.807, 2.05) is 18.2 Å². The lowest BCUT2D eigenvalue weighted by molar-refractivity contribution is 0.160. The van der Waals surface area contributed by atoms with Crippen LogP contribution >= 0.6 is 0 Å². The molecule has 1 N–H and O–H groups in total. The number of piperidine rings is 1. The Morgan fingerprint density at radius 1 is 1.09 bits per heavy atom. The summed E-state index contributed by atoms with van der Waals surface area (Å²) in [6, 6.07) is 15.7. The summed E-state index contributed by atoms with van der Waals surface area (Å²) in [5.74, 6) is 1.97. The van der Waals surface area contributed by atoms with E-state index in [1.165, 1.54) is 25.9 Å². The van der Waals surface area contributed by atoms with E-state index in [0.29, 0.717) is 12.1 Å². The molecule has 3 rings (SSSR count). The van der Waals surface area contributed by atoms with E-state index in [2.05, 4.69) is 48.3 Å². The third-order valence-electron chi connectivity index (χ3n) is 4.54. The zero-order chi connectivity index (χ0) is 15.4. The number of likely N-dealkylation sites (tertiary alicyclic amines) is 1. The first kappa shape index (κ1) is 15.3. The van der Waals surface area contributed by atoms with Crippen LogP contribution in [0.4, 0.5) is 0 Å². The van der Waals surface area contributed by atoms with E-state index in [1.54, 1.807) is 0 Å². The molecule has 2 heterocycles. The molecule has 0 bridgehead atoms. The largest absolute Gasteiger partial charge is 0.460 e. The Labute approximate surface area is 133 Å². The van der Waals surface area contributed by atoms with Gasteiger partial charge in [0.2, 0.25) is 0 Å². The molecule has 1 aliphatic rings. The third kappa shape index (κ3) is 3.79. The highest BCUT2D eigenvalue weighted by Crippen LogP contribution is 2.22. The molecule has 1 aromatic carbocycles. The molecule has 3 nitrogen and oxygen atoms in total. The molecule has 2 aromatic rings. The quantitative estimate of drug-likeness (QED) is 0.907. The van der Waals surface area contributed by atoms with E-state index < -0.39 is 0 Å². The molecule has 1 saturated heterocycles. The average molecular weight is 298 g/mol. The van der Waals surface area contributed by atoms with Gasteiger partial charge in [-0.15, -0.1) is 0 Å². The number of hydrogen-bond acceptors (Lipinski definition) is 3. The summed E-state index contributed by atoms with van der Waals surface area (Å²) in [4.78, 5) is 2.55. The van der Waals surface area contributed by atoms with Gasteiger partial charge in [-0.2, -0.15) is 0 Å². The van der Waals surface area contributed by atoms with Gasteiger partial charge in [0.25, 0.3) is 0 Å². The molecule has 0 saturated carbocycles. The predicted octanol–water partition coefficient (Wildman–Crippen LogP) is 3.91. The van der Waals surface area contributed by atoms with Gasteiger partial charge in [0.15, 0.2) is 0 Å². The van der Waals surface area contributed by atoms with Gasteiger partial charge in [0.1, 0.15) is 11.5 Å². The van der Waals surface area contributed by atoms with Crippen LogP contribution in [0.2, 0.25) is 0 Å². The normalized spacial score (nSPS) is 17.2. The molecule has 118 valence electrons. The maximum absolute atomic E-state index is 5.95. The van der Waals surface area contributed by atoms with Crippen LogP contribution in [0, 0.1) is 0 Å². The minimum atomic E-state index is 0.611. The molecular weight excluding hydrogens is 272 g/mol. The van der Waals surface area contributed by atoms with Crippen LogP contribution in [0.3, 0.4) is 0 Å². The molecule has 0 amide bonds. The highest BCUT2D eigenvalue weighted by Gasteiger charge is 2.20. The Hall–Kier alpha value is -1.58. The molecule has 0 spiro atoms. The Bertz CT molecular complexity index is 568. The van der Waals surface area contributed by atoms with Crippen LogP contribution in [-0.4, -0.2) is 30.1 Å². The fourth-order valence-electron chi connectivity index (χ4n) is 3.10. The first-order valence-corrected chi connectivity index (χ1v) is 8.34. The van der Waals surface area contributed by atoms with E-state index >= 15 is 0 Å². The summed E-state index contributed by atoms with van der Waals surface area (Å²) in [6.45, 7) is 7.77. The Kier molecular flexibility index (Phi) is 4.96. The van der Waals surface area contributed by atoms with Gasteiger partial charge in [0.05, 0.1) is 6.54 Å². The lowest BCUT2D eigenvalue weighted by Crippen LogP contribution is -2.44. The van der Waals surface area contributed by atoms with Crippen molar-refractivity contribution in [1.29, 1.82) is 0 Å². The van der Waals surface area contributed by atoms with Gasteiger partial charge in [-0.1, -0.05) is 30.3 Å². The molecular formula is C19H26N2O. The van der Waals surface area contributed by atoms with Crippen molar-refractivity contribution in [3.05, 3.63) is 48.2 Å². The number of hydrogen-bond donors (Lipinski definition) is 1. The van der Waals surface area contributed by atoms with Gasteiger partial charge in [-0.25, -0.2) is 0 Å². The van der Waals surface area contributed by atoms with Crippen molar-refractivity contribution in [3.8, 4) is 11.3 Å². The molecule has 0 radical (unpaired) electrons. The fraction of sp³-hybridized carbons (Fsp3) is 0.474. The molecule has 1 fully saturated rings. The smallest absolute Gasteiger partial charge is 0.134 e. The molecule has 0 aliphatic carbocycles. The van der Waals surface area contributed by atoms with Gasteiger partial charge in [-0.05, 0) is 51.9 Å². The highest BCUT2D eigenvalue weighted by molar-refractivity contribution is 5.57. The van der Waals surface area contributed by atoms with Crippen molar-refractivity contribution in [2.45, 2.75) is 45.3 Å². The first-order valence-electron chi connectivity index (χ1n) is 8.34. The van der Waals surface area contributed by atoms with Crippen molar-refractivity contribution in [2.75, 3.05) is 13.1 Å². The first-order chi connectivity index (χ1) is 10.7. The van der Waals surface area contributed by atoms with Crippen molar-refractivity contribution in [1.82, 2.24) is 10.2 Å². The number of rotatable bonds is 5. The maximum atomic E-state index is 5.95. The highest BCUT2D eigenvalue weighted by atomic mass is 16.3. The standard InChI is InChI=1S/C19H26N2O/c1-15(2)21-12-10-17(11-13-21)20-14-18-8-9-19(22-18)16-6-4-3-5-7-16/h3-9,15,17,20H,10-14H2,1-2H3. The molecule has 22 heavy (non-hydrogen) atoms.